The fourth-order valence-corrected chi connectivity index (χ4v) is 5.39. The number of halogens is 1. The van der Waals surface area contributed by atoms with Gasteiger partial charge in [-0.15, -0.1) is 0 Å². The van der Waals surface area contributed by atoms with Crippen molar-refractivity contribution in [3.63, 3.8) is 0 Å². The average Bonchev–Trinajstić information content (AvgIpc) is 3.66. The number of nitrogens with zero attached hydrogens (tertiary/aromatic N) is 3. The number of sulfone groups is 1. The number of pyridine rings is 1. The summed E-state index contributed by atoms with van der Waals surface area (Å²) in [7, 11) is -3.56. The van der Waals surface area contributed by atoms with Crippen LogP contribution in [0.5, 0.6) is 0 Å². The van der Waals surface area contributed by atoms with E-state index in [0.29, 0.717) is 25.7 Å². The molecule has 0 radical (unpaired) electrons. The lowest BCUT2D eigenvalue weighted by Gasteiger charge is -2.30. The molecular weight excluding hydrogens is 475 g/mol. The Kier molecular flexibility index (Phi) is 5.82. The van der Waals surface area contributed by atoms with Crippen LogP contribution in [0.1, 0.15) is 44.6 Å². The highest BCUT2D eigenvalue weighted by Crippen LogP contribution is 2.31. The average molecular weight is 501 g/mol. The molecule has 0 bridgehead atoms. The molecule has 1 aromatic carbocycles. The Labute approximate surface area is 200 Å². The molecule has 3 aromatic rings. The highest BCUT2D eigenvalue weighted by Gasteiger charge is 2.33. The maximum atomic E-state index is 14.1. The lowest BCUT2D eigenvalue weighted by molar-refractivity contribution is -0.123. The van der Waals surface area contributed by atoms with E-state index in [2.05, 4.69) is 10.3 Å². The van der Waals surface area contributed by atoms with E-state index in [-0.39, 0.29) is 39.5 Å². The van der Waals surface area contributed by atoms with Crippen molar-refractivity contribution in [2.75, 3.05) is 6.26 Å². The smallest absolute Gasteiger partial charge is 0.337 e. The van der Waals surface area contributed by atoms with Crippen LogP contribution in [0.2, 0.25) is 0 Å². The van der Waals surface area contributed by atoms with E-state index in [0.717, 1.165) is 40.5 Å². The third-order valence-electron chi connectivity index (χ3n) is 6.75. The number of carbonyl (C=O) groups excluding carboxylic acids is 1. The largest absolute Gasteiger partial charge is 0.353 e. The van der Waals surface area contributed by atoms with E-state index < -0.39 is 32.9 Å². The molecule has 2 aliphatic carbocycles. The summed E-state index contributed by atoms with van der Waals surface area (Å²) in [6.45, 7) is 0. The third kappa shape index (κ3) is 4.52. The molecule has 11 heteroatoms. The Bertz CT molecular complexity index is 1550. The second-order valence-electron chi connectivity index (χ2n) is 9.38. The van der Waals surface area contributed by atoms with Gasteiger partial charge in [-0.1, -0.05) is 6.07 Å². The minimum atomic E-state index is -3.56. The minimum Gasteiger partial charge on any atom is -0.353 e. The molecule has 35 heavy (non-hydrogen) atoms. The van der Waals surface area contributed by atoms with Crippen LogP contribution in [0.15, 0.2) is 51.0 Å². The Morgan fingerprint density at radius 1 is 1.09 bits per heavy atom. The van der Waals surface area contributed by atoms with E-state index in [1.165, 1.54) is 18.2 Å². The zero-order valence-electron chi connectivity index (χ0n) is 19.1. The van der Waals surface area contributed by atoms with Crippen LogP contribution >= 0.6 is 0 Å². The number of rotatable bonds is 5. The molecule has 5 rings (SSSR count). The summed E-state index contributed by atoms with van der Waals surface area (Å²) in [5.74, 6) is -0.554. The summed E-state index contributed by atoms with van der Waals surface area (Å²) >= 11 is 0. The molecule has 0 atom stereocenters. The lowest BCUT2D eigenvalue weighted by Crippen LogP contribution is -2.45. The summed E-state index contributed by atoms with van der Waals surface area (Å²) in [5, 5.41) is 2.98. The molecule has 1 N–H and O–H groups in total. The van der Waals surface area contributed by atoms with E-state index >= 15 is 0 Å². The first kappa shape index (κ1) is 23.4. The van der Waals surface area contributed by atoms with Crippen molar-refractivity contribution in [2.24, 2.45) is 5.92 Å². The highest BCUT2D eigenvalue weighted by atomic mass is 32.2. The number of fused-ring (bicyclic) bond motifs is 1. The number of hydrogen-bond acceptors (Lipinski definition) is 6. The van der Waals surface area contributed by atoms with Gasteiger partial charge in [0.05, 0.1) is 22.2 Å². The van der Waals surface area contributed by atoms with E-state index in [4.69, 9.17) is 0 Å². The number of nitrogens with one attached hydrogen (secondary N) is 1. The molecule has 1 amide bonds. The third-order valence-corrected chi connectivity index (χ3v) is 7.86. The fourth-order valence-electron chi connectivity index (χ4n) is 4.73. The second-order valence-corrected chi connectivity index (χ2v) is 11.4. The molecule has 0 spiro atoms. The van der Waals surface area contributed by atoms with Gasteiger partial charge in [-0.3, -0.25) is 14.2 Å². The van der Waals surface area contributed by atoms with Gasteiger partial charge in [-0.2, -0.15) is 0 Å². The van der Waals surface area contributed by atoms with Gasteiger partial charge < -0.3 is 5.32 Å². The molecule has 184 valence electrons. The first-order valence-electron chi connectivity index (χ1n) is 11.6. The van der Waals surface area contributed by atoms with Crippen LogP contribution in [0.4, 0.5) is 4.39 Å². The van der Waals surface area contributed by atoms with Crippen molar-refractivity contribution in [2.45, 2.75) is 55.5 Å². The highest BCUT2D eigenvalue weighted by molar-refractivity contribution is 7.90. The topological polar surface area (TPSA) is 120 Å². The monoisotopic (exact) mass is 500 g/mol. The minimum absolute atomic E-state index is 0.00169. The predicted octanol–water partition coefficient (Wildman–Crippen LogP) is 2.10. The zero-order chi connectivity index (χ0) is 24.9. The quantitative estimate of drug-likeness (QED) is 0.573. The molecule has 2 aromatic heterocycles. The van der Waals surface area contributed by atoms with Gasteiger partial charge in [0.15, 0.2) is 15.5 Å². The van der Waals surface area contributed by atoms with Crippen molar-refractivity contribution in [3.8, 4) is 5.69 Å². The molecule has 0 saturated heterocycles. The summed E-state index contributed by atoms with van der Waals surface area (Å²) in [4.78, 5) is 43.1. The standard InChI is InChI=1S/C24H25FN4O5S/c1-35(33,34)19-4-2-3-18(12-19)28-21-20(11-15(25)13-26-21)23(31)29(24(28)32)17-9-7-16(8-10-17)27-22(30)14-5-6-14/h2-4,11-14,16-17H,5-10H2,1H3,(H,27,30)/t16-,17+. The normalized spacial score (nSPS) is 20.6. The molecule has 0 unspecified atom stereocenters. The zero-order valence-corrected chi connectivity index (χ0v) is 19.9. The lowest BCUT2D eigenvalue weighted by atomic mass is 9.90. The summed E-state index contributed by atoms with van der Waals surface area (Å²) < 4.78 is 40.5. The van der Waals surface area contributed by atoms with Crippen LogP contribution < -0.4 is 16.6 Å². The SMILES string of the molecule is CS(=O)(=O)c1cccc(-n2c(=O)n([C@H]3CC[C@@H](NC(=O)C4CC4)CC3)c(=O)c3cc(F)cnc32)c1. The molecular formula is C24H25FN4O5S. The first-order chi connectivity index (χ1) is 16.6. The number of benzene rings is 1. The van der Waals surface area contributed by atoms with Crippen molar-refractivity contribution in [3.05, 3.63) is 63.2 Å². The Balaban J connectivity index is 1.59. The molecule has 0 aliphatic heterocycles. The summed E-state index contributed by atoms with van der Waals surface area (Å²) in [6.07, 6.45) is 6.00. The van der Waals surface area contributed by atoms with Crippen LogP contribution in [0, 0.1) is 11.7 Å². The molecule has 2 fully saturated rings. The van der Waals surface area contributed by atoms with Crippen LogP contribution in [0.25, 0.3) is 16.7 Å². The Morgan fingerprint density at radius 2 is 1.80 bits per heavy atom. The van der Waals surface area contributed by atoms with E-state index in [1.807, 2.05) is 0 Å². The van der Waals surface area contributed by atoms with E-state index in [9.17, 15) is 27.2 Å². The van der Waals surface area contributed by atoms with Crippen LogP contribution in [-0.4, -0.2) is 40.7 Å². The molecule has 9 nitrogen and oxygen atoms in total. The maximum absolute atomic E-state index is 14.1. The molecule has 2 saturated carbocycles. The summed E-state index contributed by atoms with van der Waals surface area (Å²) in [5.41, 5.74) is -1.15. The first-order valence-corrected chi connectivity index (χ1v) is 13.5. The second kappa shape index (κ2) is 8.71. The maximum Gasteiger partial charge on any atom is 0.337 e. The van der Waals surface area contributed by atoms with Gasteiger partial charge in [-0.05, 0) is 62.8 Å². The summed E-state index contributed by atoms with van der Waals surface area (Å²) in [6, 6.07) is 6.37. The number of aromatic nitrogens is 3. The predicted molar refractivity (Wildman–Crippen MR) is 127 cm³/mol. The van der Waals surface area contributed by atoms with Gasteiger partial charge in [-0.25, -0.2) is 27.2 Å². The van der Waals surface area contributed by atoms with Crippen LogP contribution in [0.3, 0.4) is 0 Å². The van der Waals surface area contributed by atoms with Crippen molar-refractivity contribution in [1.29, 1.82) is 0 Å². The number of amides is 1. The Hall–Kier alpha value is -3.34. The van der Waals surface area contributed by atoms with Gasteiger partial charge >= 0.3 is 5.69 Å². The molecule has 2 aliphatic rings. The van der Waals surface area contributed by atoms with Crippen LogP contribution in [-0.2, 0) is 14.6 Å². The van der Waals surface area contributed by atoms with Crippen molar-refractivity contribution < 1.29 is 17.6 Å². The molecule has 2 heterocycles. The number of carbonyl (C=O) groups is 1. The van der Waals surface area contributed by atoms with Gasteiger partial charge in [0.2, 0.25) is 5.91 Å². The Morgan fingerprint density at radius 3 is 2.46 bits per heavy atom. The van der Waals surface area contributed by atoms with Gasteiger partial charge in [0.25, 0.3) is 5.56 Å². The van der Waals surface area contributed by atoms with Gasteiger partial charge in [0, 0.05) is 24.3 Å². The van der Waals surface area contributed by atoms with Gasteiger partial charge in [0.1, 0.15) is 5.82 Å². The fraction of sp³-hybridized carbons (Fsp3) is 0.417. The van der Waals surface area contributed by atoms with E-state index in [1.54, 1.807) is 6.07 Å². The van der Waals surface area contributed by atoms with Crippen molar-refractivity contribution in [1.82, 2.24) is 19.4 Å². The van der Waals surface area contributed by atoms with Crippen molar-refractivity contribution >= 4 is 26.8 Å². The number of hydrogen-bond donors (Lipinski definition) is 1.